The SMILES string of the molecule is COC(=O)C(Cc1ccc(Cl)cc1)n1cc(CN2[C@H](C)CN(C(=O)C3CCCN3C(=O)c3cc(Cl)ccc3Cl)C[C@@H]2C)nn1. The molecule has 2 amide bonds. The van der Waals surface area contributed by atoms with Gasteiger partial charge in [-0.2, -0.15) is 0 Å². The number of hydrogen-bond acceptors (Lipinski definition) is 7. The molecule has 2 aliphatic rings. The molecule has 234 valence electrons. The molecule has 3 heterocycles. The van der Waals surface area contributed by atoms with Crippen LogP contribution in [0.4, 0.5) is 0 Å². The van der Waals surface area contributed by atoms with Gasteiger partial charge in [-0.15, -0.1) is 5.10 Å². The number of carbonyl (C=O) groups is 3. The van der Waals surface area contributed by atoms with Crippen LogP contribution in [0.2, 0.25) is 15.1 Å². The number of piperazine rings is 1. The second-order valence-corrected chi connectivity index (χ2v) is 12.7. The van der Waals surface area contributed by atoms with Crippen molar-refractivity contribution in [3.63, 3.8) is 0 Å². The minimum Gasteiger partial charge on any atom is -0.467 e. The number of likely N-dealkylation sites (tertiary alicyclic amines) is 1. The monoisotopic (exact) mass is 660 g/mol. The highest BCUT2D eigenvalue weighted by molar-refractivity contribution is 6.35. The molecule has 2 unspecified atom stereocenters. The van der Waals surface area contributed by atoms with Gasteiger partial charge in [-0.25, -0.2) is 9.48 Å². The third-order valence-corrected chi connectivity index (χ3v) is 9.22. The van der Waals surface area contributed by atoms with Gasteiger partial charge >= 0.3 is 5.97 Å². The van der Waals surface area contributed by atoms with Crippen molar-refractivity contribution in [3.8, 4) is 0 Å². The molecule has 4 atom stereocenters. The number of halogens is 3. The van der Waals surface area contributed by atoms with Gasteiger partial charge in [0, 0.05) is 54.7 Å². The molecule has 2 saturated heterocycles. The quantitative estimate of drug-likeness (QED) is 0.316. The van der Waals surface area contributed by atoms with Crippen molar-refractivity contribution >= 4 is 52.6 Å². The smallest absolute Gasteiger partial charge is 0.331 e. The Balaban J connectivity index is 1.24. The summed E-state index contributed by atoms with van der Waals surface area (Å²) in [6.45, 7) is 6.15. The average Bonchev–Trinajstić information content (AvgIpc) is 3.69. The van der Waals surface area contributed by atoms with E-state index in [1.54, 1.807) is 46.1 Å². The number of esters is 1. The first-order chi connectivity index (χ1) is 21.0. The molecule has 0 bridgehead atoms. The highest BCUT2D eigenvalue weighted by atomic mass is 35.5. The maximum atomic E-state index is 13.8. The van der Waals surface area contributed by atoms with E-state index in [1.807, 2.05) is 17.0 Å². The van der Waals surface area contributed by atoms with Crippen molar-refractivity contribution in [2.24, 2.45) is 0 Å². The maximum absolute atomic E-state index is 13.8. The molecule has 3 aromatic rings. The molecule has 5 rings (SSSR count). The van der Waals surface area contributed by atoms with Crippen molar-refractivity contribution in [3.05, 3.63) is 80.6 Å². The van der Waals surface area contributed by atoms with E-state index in [4.69, 9.17) is 39.5 Å². The van der Waals surface area contributed by atoms with Crippen LogP contribution in [-0.2, 0) is 27.3 Å². The summed E-state index contributed by atoms with van der Waals surface area (Å²) in [5, 5.41) is 9.97. The van der Waals surface area contributed by atoms with Crippen molar-refractivity contribution < 1.29 is 19.1 Å². The van der Waals surface area contributed by atoms with Gasteiger partial charge in [0.1, 0.15) is 6.04 Å². The average molecular weight is 662 g/mol. The van der Waals surface area contributed by atoms with Crippen molar-refractivity contribution in [2.75, 3.05) is 26.7 Å². The zero-order valence-electron chi connectivity index (χ0n) is 24.8. The normalized spacial score (nSPS) is 21.4. The van der Waals surface area contributed by atoms with Gasteiger partial charge in [0.15, 0.2) is 6.04 Å². The van der Waals surface area contributed by atoms with Crippen molar-refractivity contribution in [1.29, 1.82) is 0 Å². The van der Waals surface area contributed by atoms with Crippen LogP contribution in [-0.4, -0.2) is 92.3 Å². The fourth-order valence-electron chi connectivity index (χ4n) is 6.13. The molecule has 10 nitrogen and oxygen atoms in total. The fraction of sp³-hybridized carbons (Fsp3) is 0.452. The summed E-state index contributed by atoms with van der Waals surface area (Å²) in [4.78, 5) is 45.6. The highest BCUT2D eigenvalue weighted by Crippen LogP contribution is 2.29. The lowest BCUT2D eigenvalue weighted by molar-refractivity contribution is -0.145. The number of benzene rings is 2. The number of aromatic nitrogens is 3. The Labute approximate surface area is 271 Å². The number of amides is 2. The molecule has 0 N–H and O–H groups in total. The maximum Gasteiger partial charge on any atom is 0.331 e. The number of hydrogen-bond donors (Lipinski definition) is 0. The molecular weight excluding hydrogens is 627 g/mol. The summed E-state index contributed by atoms with van der Waals surface area (Å²) in [5.41, 5.74) is 1.93. The summed E-state index contributed by atoms with van der Waals surface area (Å²) in [5.74, 6) is -0.749. The van der Waals surface area contributed by atoms with Crippen molar-refractivity contribution in [2.45, 2.75) is 63.8 Å². The van der Waals surface area contributed by atoms with Gasteiger partial charge in [-0.3, -0.25) is 14.5 Å². The predicted octanol–water partition coefficient (Wildman–Crippen LogP) is 4.92. The van der Waals surface area contributed by atoms with Gasteiger partial charge in [0.05, 0.1) is 29.6 Å². The molecule has 0 radical (unpaired) electrons. The Bertz CT molecular complexity index is 1500. The lowest BCUT2D eigenvalue weighted by Crippen LogP contribution is -2.60. The third-order valence-electron chi connectivity index (χ3n) is 8.41. The molecule has 0 saturated carbocycles. The highest BCUT2D eigenvalue weighted by Gasteiger charge is 2.41. The van der Waals surface area contributed by atoms with Gasteiger partial charge < -0.3 is 14.5 Å². The third kappa shape index (κ3) is 7.04. The molecule has 2 fully saturated rings. The number of ether oxygens (including phenoxy) is 1. The topological polar surface area (TPSA) is 101 Å². The minimum atomic E-state index is -0.675. The number of rotatable bonds is 8. The first-order valence-corrected chi connectivity index (χ1v) is 15.7. The van der Waals surface area contributed by atoms with Crippen LogP contribution in [0.15, 0.2) is 48.7 Å². The zero-order chi connectivity index (χ0) is 31.5. The van der Waals surface area contributed by atoms with E-state index in [9.17, 15) is 14.4 Å². The van der Waals surface area contributed by atoms with Gasteiger partial charge in [-0.1, -0.05) is 52.1 Å². The minimum absolute atomic E-state index is 0.0197. The molecular formula is C31H35Cl3N6O4. The fourth-order valence-corrected chi connectivity index (χ4v) is 6.63. The summed E-state index contributed by atoms with van der Waals surface area (Å²) < 4.78 is 6.60. The molecule has 13 heteroatoms. The lowest BCUT2D eigenvalue weighted by Gasteiger charge is -2.45. The van der Waals surface area contributed by atoms with Crippen LogP contribution >= 0.6 is 34.8 Å². The van der Waals surface area contributed by atoms with Gasteiger partial charge in [0.2, 0.25) is 5.91 Å². The van der Waals surface area contributed by atoms with Crippen LogP contribution in [0.25, 0.3) is 0 Å². The first-order valence-electron chi connectivity index (χ1n) is 14.6. The van der Waals surface area contributed by atoms with Crippen LogP contribution in [0, 0.1) is 0 Å². The van der Waals surface area contributed by atoms with Gasteiger partial charge in [-0.05, 0) is 62.6 Å². The van der Waals surface area contributed by atoms with E-state index in [0.29, 0.717) is 65.3 Å². The molecule has 0 aliphatic carbocycles. The second kappa shape index (κ2) is 13.9. The summed E-state index contributed by atoms with van der Waals surface area (Å²) in [6.07, 6.45) is 3.50. The van der Waals surface area contributed by atoms with E-state index < -0.39 is 18.1 Å². The Morgan fingerprint density at radius 2 is 1.68 bits per heavy atom. The van der Waals surface area contributed by atoms with E-state index in [2.05, 4.69) is 29.1 Å². The summed E-state index contributed by atoms with van der Waals surface area (Å²) >= 11 is 18.4. The Hall–Kier alpha value is -3.18. The Morgan fingerprint density at radius 3 is 2.36 bits per heavy atom. The number of carbonyl (C=O) groups excluding carboxylic acids is 3. The molecule has 44 heavy (non-hydrogen) atoms. The first kappa shape index (κ1) is 32.2. The molecule has 0 spiro atoms. The second-order valence-electron chi connectivity index (χ2n) is 11.5. The zero-order valence-corrected chi connectivity index (χ0v) is 27.1. The van der Waals surface area contributed by atoms with Crippen LogP contribution in [0.5, 0.6) is 0 Å². The largest absolute Gasteiger partial charge is 0.467 e. The number of methoxy groups -OCH3 is 1. The standard InChI is InChI=1S/C31H35Cl3N6O4/c1-19-15-37(30(42)27-5-4-12-38(27)29(41)25-14-23(33)10-11-26(25)34)16-20(2)39(19)17-24-18-40(36-35-24)28(31(43)44-3)13-21-6-8-22(32)9-7-21/h6-11,14,18-20,27-28H,4-5,12-13,15-17H2,1-3H3/t19-,20+,27?,28?. The van der Waals surface area contributed by atoms with E-state index in [-0.39, 0.29) is 23.9 Å². The van der Waals surface area contributed by atoms with Crippen LogP contribution < -0.4 is 0 Å². The molecule has 2 aliphatic heterocycles. The molecule has 2 aromatic carbocycles. The Morgan fingerprint density at radius 1 is 1.00 bits per heavy atom. The number of nitrogens with zero attached hydrogens (tertiary/aromatic N) is 6. The van der Waals surface area contributed by atoms with Gasteiger partial charge in [0.25, 0.3) is 5.91 Å². The van der Waals surface area contributed by atoms with E-state index in [1.165, 1.54) is 7.11 Å². The lowest BCUT2D eigenvalue weighted by atomic mass is 10.0. The molecule has 1 aromatic heterocycles. The van der Waals surface area contributed by atoms with Crippen LogP contribution in [0.1, 0.15) is 54.3 Å². The Kier molecular flexibility index (Phi) is 10.1. The van der Waals surface area contributed by atoms with Crippen LogP contribution in [0.3, 0.4) is 0 Å². The predicted molar refractivity (Wildman–Crippen MR) is 168 cm³/mol. The van der Waals surface area contributed by atoms with E-state index >= 15 is 0 Å². The summed E-state index contributed by atoms with van der Waals surface area (Å²) in [6, 6.07) is 10.9. The van der Waals surface area contributed by atoms with E-state index in [0.717, 1.165) is 12.0 Å². The van der Waals surface area contributed by atoms with Crippen molar-refractivity contribution in [1.82, 2.24) is 29.7 Å². The summed E-state index contributed by atoms with van der Waals surface area (Å²) in [7, 11) is 1.35.